The van der Waals surface area contributed by atoms with Gasteiger partial charge >= 0.3 is 0 Å². The maximum absolute atomic E-state index is 13.5. The first-order valence-electron chi connectivity index (χ1n) is 33.5. The van der Waals surface area contributed by atoms with Crippen LogP contribution in [0.3, 0.4) is 0 Å². The molecule has 2 amide bonds. The molecule has 5 heteroatoms. The van der Waals surface area contributed by atoms with E-state index in [4.69, 9.17) is 4.74 Å². The van der Waals surface area contributed by atoms with Gasteiger partial charge in [-0.25, -0.2) is 0 Å². The van der Waals surface area contributed by atoms with Gasteiger partial charge in [-0.15, -0.1) is 0 Å². The Morgan fingerprint density at radius 1 is 0.301 bits per heavy atom. The van der Waals surface area contributed by atoms with Crippen LogP contribution in [0, 0.1) is 0 Å². The first kappa shape index (κ1) is 69.0. The van der Waals surface area contributed by atoms with Crippen LogP contribution < -0.4 is 15.4 Å². The second-order valence-electron chi connectivity index (χ2n) is 23.1. The summed E-state index contributed by atoms with van der Waals surface area (Å²) in [6.07, 6.45) is 73.3. The molecule has 0 radical (unpaired) electrons. The van der Waals surface area contributed by atoms with E-state index in [-0.39, 0.29) is 11.8 Å². The van der Waals surface area contributed by atoms with Crippen molar-refractivity contribution in [3.63, 3.8) is 0 Å². The molecule has 0 atom stereocenters. The number of ether oxygens (including phenoxy) is 1. The largest absolute Gasteiger partial charge is 0.493 e. The molecule has 0 heterocycles. The molecule has 73 heavy (non-hydrogen) atoms. The second kappa shape index (κ2) is 57.7. The Labute approximate surface area is 457 Å². The fourth-order valence-corrected chi connectivity index (χ4v) is 10.8. The van der Waals surface area contributed by atoms with E-state index in [1.165, 1.54) is 308 Å². The smallest absolute Gasteiger partial charge is 0.255 e. The average molecular weight is 1020 g/mol. The van der Waals surface area contributed by atoms with Crippen LogP contribution in [0.2, 0.25) is 0 Å². The van der Waals surface area contributed by atoms with Crippen LogP contribution >= 0.6 is 0 Å². The second-order valence-corrected chi connectivity index (χ2v) is 23.1. The molecule has 0 fully saturated rings. The third-order valence-corrected chi connectivity index (χ3v) is 15.9. The lowest BCUT2D eigenvalue weighted by atomic mass is 10.0. The Morgan fingerprint density at radius 3 is 0.808 bits per heavy atom. The highest BCUT2D eigenvalue weighted by Gasteiger charge is 2.16. The van der Waals surface area contributed by atoms with Gasteiger partial charge in [0.15, 0.2) is 0 Å². The molecule has 0 unspecified atom stereocenters. The van der Waals surface area contributed by atoms with E-state index in [2.05, 4.69) is 31.4 Å². The summed E-state index contributed by atoms with van der Waals surface area (Å²) in [4.78, 5) is 26.7. The molecule has 0 spiro atoms. The fourth-order valence-electron chi connectivity index (χ4n) is 10.8. The number of rotatable bonds is 60. The third kappa shape index (κ3) is 48.1. The minimum absolute atomic E-state index is 0.0749. The molecule has 0 aliphatic carbocycles. The van der Waals surface area contributed by atoms with Gasteiger partial charge in [0.2, 0.25) is 0 Å². The molecule has 0 aromatic heterocycles. The predicted octanol–water partition coefficient (Wildman–Crippen LogP) is 22.7. The summed E-state index contributed by atoms with van der Waals surface area (Å²) < 4.78 is 6.29. The van der Waals surface area contributed by atoms with E-state index < -0.39 is 0 Å². The molecule has 0 bridgehead atoms. The number of nitrogens with one attached hydrogen (secondary N) is 2. The van der Waals surface area contributed by atoms with Crippen LogP contribution in [-0.2, 0) is 0 Å². The normalized spacial score (nSPS) is 11.4. The molecule has 1 rings (SSSR count). The molecular formula is C68H128N2O3. The van der Waals surface area contributed by atoms with Crippen molar-refractivity contribution in [3.05, 3.63) is 29.3 Å². The Hall–Kier alpha value is -2.04. The van der Waals surface area contributed by atoms with Gasteiger partial charge in [0, 0.05) is 18.7 Å². The van der Waals surface area contributed by atoms with Gasteiger partial charge < -0.3 is 15.4 Å². The van der Waals surface area contributed by atoms with Gasteiger partial charge in [-0.3, -0.25) is 9.59 Å². The van der Waals surface area contributed by atoms with E-state index in [9.17, 15) is 9.59 Å². The van der Waals surface area contributed by atoms with Crippen LogP contribution in [0.4, 0.5) is 0 Å². The SMILES string of the molecule is CCCCCCCCCCCCCCCCCCCCCCCCNC(=O)c1ccc(C(=O)NCCCCCCCCCCCCCCCCCCCCCCCC)c(OCCCCCCCCCCCC)c1. The monoisotopic (exact) mass is 1020 g/mol. The minimum atomic E-state index is -0.0941. The Morgan fingerprint density at radius 2 is 0.534 bits per heavy atom. The summed E-state index contributed by atoms with van der Waals surface area (Å²) in [6.45, 7) is 8.81. The van der Waals surface area contributed by atoms with Crippen molar-refractivity contribution in [3.8, 4) is 5.75 Å². The van der Waals surface area contributed by atoms with Crippen molar-refractivity contribution in [1.29, 1.82) is 0 Å². The van der Waals surface area contributed by atoms with Gasteiger partial charge in [0.1, 0.15) is 5.75 Å². The Balaban J connectivity index is 2.24. The van der Waals surface area contributed by atoms with Crippen molar-refractivity contribution in [1.82, 2.24) is 10.6 Å². The van der Waals surface area contributed by atoms with Crippen molar-refractivity contribution in [2.24, 2.45) is 0 Å². The number of unbranched alkanes of at least 4 members (excludes halogenated alkanes) is 51. The van der Waals surface area contributed by atoms with Crippen molar-refractivity contribution < 1.29 is 14.3 Å². The molecule has 1 aromatic carbocycles. The lowest BCUT2D eigenvalue weighted by Gasteiger charge is -2.14. The zero-order valence-corrected chi connectivity index (χ0v) is 49.8. The van der Waals surface area contributed by atoms with E-state index in [1.807, 2.05) is 0 Å². The first-order valence-corrected chi connectivity index (χ1v) is 33.5. The van der Waals surface area contributed by atoms with Crippen LogP contribution in [-0.4, -0.2) is 31.5 Å². The first-order chi connectivity index (χ1) is 36.1. The maximum atomic E-state index is 13.5. The van der Waals surface area contributed by atoms with Crippen LogP contribution in [0.1, 0.15) is 388 Å². The van der Waals surface area contributed by atoms with E-state index >= 15 is 0 Å². The Bertz CT molecular complexity index is 1280. The molecule has 0 aliphatic rings. The summed E-state index contributed by atoms with van der Waals surface area (Å²) in [6, 6.07) is 5.41. The topological polar surface area (TPSA) is 67.4 Å². The number of hydrogen-bond acceptors (Lipinski definition) is 3. The predicted molar refractivity (Wildman–Crippen MR) is 323 cm³/mol. The molecule has 0 saturated carbocycles. The van der Waals surface area contributed by atoms with Gasteiger partial charge in [-0.2, -0.15) is 0 Å². The summed E-state index contributed by atoms with van der Waals surface area (Å²) in [5, 5.41) is 6.32. The number of carbonyl (C=O) groups is 2. The fraction of sp³-hybridized carbons (Fsp3) is 0.882. The van der Waals surface area contributed by atoms with E-state index in [0.717, 1.165) is 38.5 Å². The summed E-state index contributed by atoms with van der Waals surface area (Å²) in [5.41, 5.74) is 1.12. The summed E-state index contributed by atoms with van der Waals surface area (Å²) in [5.74, 6) is 0.372. The molecular weight excluding hydrogens is 893 g/mol. The average Bonchev–Trinajstić information content (AvgIpc) is 3.40. The quantitative estimate of drug-likeness (QED) is 0.0639. The minimum Gasteiger partial charge on any atom is -0.493 e. The highest BCUT2D eigenvalue weighted by molar-refractivity contribution is 6.00. The summed E-state index contributed by atoms with van der Waals surface area (Å²) in [7, 11) is 0. The lowest BCUT2D eigenvalue weighted by molar-refractivity contribution is 0.0937. The van der Waals surface area contributed by atoms with Crippen molar-refractivity contribution in [2.45, 2.75) is 367 Å². The molecule has 428 valence electrons. The maximum Gasteiger partial charge on any atom is 0.255 e. The van der Waals surface area contributed by atoms with Gasteiger partial charge in [-0.05, 0) is 37.5 Å². The molecule has 5 nitrogen and oxygen atoms in total. The van der Waals surface area contributed by atoms with Crippen LogP contribution in [0.15, 0.2) is 18.2 Å². The van der Waals surface area contributed by atoms with Crippen LogP contribution in [0.5, 0.6) is 5.75 Å². The number of benzene rings is 1. The number of hydrogen-bond donors (Lipinski definition) is 2. The standard InChI is InChI=1S/C68H128N2O3/c1-4-7-10-13-16-19-22-24-26-28-30-32-34-36-38-40-42-44-46-49-52-55-60-69-67(71)64-58-59-65(66(63-64)73-62-57-54-51-48-21-18-15-12-9-6-3)68(72)70-61-56-53-50-47-45-43-41-39-37-35-33-31-29-27-25-23-20-17-14-11-8-5-2/h58-59,63H,4-57,60-62H2,1-3H3,(H,69,71)(H,70,72). The zero-order valence-electron chi connectivity index (χ0n) is 49.8. The van der Waals surface area contributed by atoms with Crippen molar-refractivity contribution >= 4 is 11.8 Å². The van der Waals surface area contributed by atoms with E-state index in [0.29, 0.717) is 36.6 Å². The van der Waals surface area contributed by atoms with Gasteiger partial charge in [0.25, 0.3) is 11.8 Å². The van der Waals surface area contributed by atoms with Gasteiger partial charge in [0.05, 0.1) is 12.2 Å². The zero-order chi connectivity index (χ0) is 52.4. The number of amides is 2. The van der Waals surface area contributed by atoms with Crippen LogP contribution in [0.25, 0.3) is 0 Å². The molecule has 1 aromatic rings. The van der Waals surface area contributed by atoms with E-state index in [1.54, 1.807) is 18.2 Å². The lowest BCUT2D eigenvalue weighted by Crippen LogP contribution is -2.26. The summed E-state index contributed by atoms with van der Waals surface area (Å²) >= 11 is 0. The molecule has 0 saturated heterocycles. The van der Waals surface area contributed by atoms with Gasteiger partial charge in [-0.1, -0.05) is 348 Å². The van der Waals surface area contributed by atoms with Crippen molar-refractivity contribution in [2.75, 3.05) is 19.7 Å². The highest BCUT2D eigenvalue weighted by atomic mass is 16.5. The molecule has 0 aliphatic heterocycles. The molecule has 2 N–H and O–H groups in total. The third-order valence-electron chi connectivity index (χ3n) is 15.9. The Kier molecular flexibility index (Phi) is 54.5. The number of carbonyl (C=O) groups excluding carboxylic acids is 2. The highest BCUT2D eigenvalue weighted by Crippen LogP contribution is 2.23.